The summed E-state index contributed by atoms with van der Waals surface area (Å²) in [7, 11) is 0. The number of anilines is 1. The normalized spacial score (nSPS) is 18.8. The van der Waals surface area contributed by atoms with E-state index in [9.17, 15) is 9.59 Å². The fraction of sp³-hybridized carbons (Fsp3) is 0.500. The van der Waals surface area contributed by atoms with E-state index >= 15 is 0 Å². The number of hydrogen-bond donors (Lipinski definition) is 1. The Kier molecular flexibility index (Phi) is 3.68. The van der Waals surface area contributed by atoms with Gasteiger partial charge in [0.05, 0.1) is 0 Å². The first-order valence-electron chi connectivity index (χ1n) is 7.52. The number of amides is 2. The molecule has 1 aromatic carbocycles. The van der Waals surface area contributed by atoms with Crippen LogP contribution in [0.5, 0.6) is 0 Å². The minimum absolute atomic E-state index is 0.0536. The number of benzene rings is 1. The second-order valence-corrected chi connectivity index (χ2v) is 5.89. The molecule has 1 aromatic rings. The van der Waals surface area contributed by atoms with Crippen LogP contribution < -0.4 is 10.6 Å². The van der Waals surface area contributed by atoms with Gasteiger partial charge in [-0.15, -0.1) is 0 Å². The summed E-state index contributed by atoms with van der Waals surface area (Å²) in [4.78, 5) is 27.7. The summed E-state index contributed by atoms with van der Waals surface area (Å²) in [5.74, 6) is 0.129. The second kappa shape index (κ2) is 5.48. The Morgan fingerprint density at radius 2 is 1.90 bits per heavy atom. The summed E-state index contributed by atoms with van der Waals surface area (Å²) >= 11 is 0. The van der Waals surface area contributed by atoms with Crippen molar-refractivity contribution in [2.24, 2.45) is 5.73 Å². The lowest BCUT2D eigenvalue weighted by Gasteiger charge is -2.30. The van der Waals surface area contributed by atoms with Crippen LogP contribution in [0.2, 0.25) is 0 Å². The van der Waals surface area contributed by atoms with Gasteiger partial charge in [0.1, 0.15) is 0 Å². The molecule has 2 amide bonds. The Morgan fingerprint density at radius 3 is 2.57 bits per heavy atom. The molecule has 5 heteroatoms. The number of piperidine rings is 1. The molecule has 2 heterocycles. The number of nitrogens with zero attached hydrogens (tertiary/aromatic N) is 2. The quantitative estimate of drug-likeness (QED) is 0.843. The highest BCUT2D eigenvalue weighted by molar-refractivity contribution is 5.97. The van der Waals surface area contributed by atoms with Crippen LogP contribution in [0.3, 0.4) is 0 Å². The molecule has 21 heavy (non-hydrogen) atoms. The third kappa shape index (κ3) is 2.65. The highest BCUT2D eigenvalue weighted by atomic mass is 16.2. The van der Waals surface area contributed by atoms with E-state index in [1.807, 2.05) is 23.1 Å². The molecule has 1 fully saturated rings. The Morgan fingerprint density at radius 1 is 1.19 bits per heavy atom. The molecule has 0 aliphatic carbocycles. The van der Waals surface area contributed by atoms with Crippen molar-refractivity contribution in [3.8, 4) is 0 Å². The van der Waals surface area contributed by atoms with Crippen LogP contribution in [0.4, 0.5) is 5.69 Å². The van der Waals surface area contributed by atoms with E-state index in [0.29, 0.717) is 6.54 Å². The van der Waals surface area contributed by atoms with Crippen LogP contribution in [0, 0.1) is 0 Å². The van der Waals surface area contributed by atoms with Gasteiger partial charge >= 0.3 is 0 Å². The lowest BCUT2D eigenvalue weighted by atomic mass is 10.0. The van der Waals surface area contributed by atoms with E-state index in [2.05, 4.69) is 0 Å². The average Bonchev–Trinajstić information content (AvgIpc) is 2.90. The Labute approximate surface area is 124 Å². The number of carbonyl (C=O) groups excluding carboxylic acids is 2. The SMILES string of the molecule is CC(=O)N1CCc2cc(C(=O)N3CCC(N)CC3)ccc21. The van der Waals surface area contributed by atoms with Crippen LogP contribution in [-0.2, 0) is 11.2 Å². The summed E-state index contributed by atoms with van der Waals surface area (Å²) in [5.41, 5.74) is 8.63. The molecule has 112 valence electrons. The molecule has 2 N–H and O–H groups in total. The first-order chi connectivity index (χ1) is 10.1. The van der Waals surface area contributed by atoms with Crippen molar-refractivity contribution in [3.63, 3.8) is 0 Å². The zero-order chi connectivity index (χ0) is 15.0. The van der Waals surface area contributed by atoms with Crippen LogP contribution in [-0.4, -0.2) is 42.4 Å². The van der Waals surface area contributed by atoms with Gasteiger partial charge in [-0.25, -0.2) is 0 Å². The van der Waals surface area contributed by atoms with Gasteiger partial charge < -0.3 is 15.5 Å². The third-order valence-corrected chi connectivity index (χ3v) is 4.43. The summed E-state index contributed by atoms with van der Waals surface area (Å²) in [6, 6.07) is 5.89. The van der Waals surface area contributed by atoms with Crippen molar-refractivity contribution in [2.45, 2.75) is 32.2 Å². The van der Waals surface area contributed by atoms with E-state index in [1.54, 1.807) is 11.8 Å². The largest absolute Gasteiger partial charge is 0.339 e. The summed E-state index contributed by atoms with van der Waals surface area (Å²) in [6.45, 7) is 3.75. The monoisotopic (exact) mass is 287 g/mol. The maximum Gasteiger partial charge on any atom is 0.253 e. The number of carbonyl (C=O) groups is 2. The first kappa shape index (κ1) is 14.1. The fourth-order valence-electron chi connectivity index (χ4n) is 3.15. The standard InChI is InChI=1S/C16H21N3O2/c1-11(20)19-9-4-12-10-13(2-3-15(12)19)16(21)18-7-5-14(17)6-8-18/h2-3,10,14H,4-9,17H2,1H3. The molecule has 5 nitrogen and oxygen atoms in total. The summed E-state index contributed by atoms with van der Waals surface area (Å²) < 4.78 is 0. The highest BCUT2D eigenvalue weighted by Crippen LogP contribution is 2.29. The van der Waals surface area contributed by atoms with Gasteiger partial charge in [-0.1, -0.05) is 0 Å². The molecule has 0 atom stereocenters. The van der Waals surface area contributed by atoms with Gasteiger partial charge in [0.25, 0.3) is 5.91 Å². The van der Waals surface area contributed by atoms with Crippen molar-refractivity contribution < 1.29 is 9.59 Å². The minimum Gasteiger partial charge on any atom is -0.339 e. The molecule has 0 spiro atoms. The highest BCUT2D eigenvalue weighted by Gasteiger charge is 2.25. The van der Waals surface area contributed by atoms with Crippen molar-refractivity contribution in [3.05, 3.63) is 29.3 Å². The number of likely N-dealkylation sites (tertiary alicyclic amines) is 1. The van der Waals surface area contributed by atoms with E-state index in [0.717, 1.165) is 49.2 Å². The molecule has 0 radical (unpaired) electrons. The molecule has 0 saturated carbocycles. The summed E-state index contributed by atoms with van der Waals surface area (Å²) in [5, 5.41) is 0. The van der Waals surface area contributed by atoms with E-state index < -0.39 is 0 Å². The third-order valence-electron chi connectivity index (χ3n) is 4.43. The van der Waals surface area contributed by atoms with Gasteiger partial charge in [-0.05, 0) is 43.0 Å². The number of hydrogen-bond acceptors (Lipinski definition) is 3. The summed E-state index contributed by atoms with van der Waals surface area (Å²) in [6.07, 6.45) is 2.56. The van der Waals surface area contributed by atoms with Gasteiger partial charge in [0.2, 0.25) is 5.91 Å². The van der Waals surface area contributed by atoms with Crippen LogP contribution in [0.25, 0.3) is 0 Å². The Bertz CT molecular complexity index is 577. The molecule has 0 unspecified atom stereocenters. The van der Waals surface area contributed by atoms with Gasteiger partial charge in [0.15, 0.2) is 0 Å². The number of fused-ring (bicyclic) bond motifs is 1. The topological polar surface area (TPSA) is 66.6 Å². The van der Waals surface area contributed by atoms with Crippen molar-refractivity contribution in [1.29, 1.82) is 0 Å². The Hall–Kier alpha value is -1.88. The predicted molar refractivity (Wildman–Crippen MR) is 81.3 cm³/mol. The molecular weight excluding hydrogens is 266 g/mol. The minimum atomic E-state index is 0.0536. The lowest BCUT2D eigenvalue weighted by Crippen LogP contribution is -2.42. The average molecular weight is 287 g/mol. The van der Waals surface area contributed by atoms with E-state index in [1.165, 1.54) is 0 Å². The molecule has 2 aliphatic rings. The van der Waals surface area contributed by atoms with Crippen molar-refractivity contribution in [2.75, 3.05) is 24.5 Å². The van der Waals surface area contributed by atoms with Crippen molar-refractivity contribution >= 4 is 17.5 Å². The molecule has 0 aromatic heterocycles. The molecule has 3 rings (SSSR count). The van der Waals surface area contributed by atoms with Gasteiger partial charge in [0, 0.05) is 43.9 Å². The number of nitrogens with two attached hydrogens (primary N) is 1. The zero-order valence-electron chi connectivity index (χ0n) is 12.3. The molecule has 2 aliphatic heterocycles. The fourth-order valence-corrected chi connectivity index (χ4v) is 3.15. The van der Waals surface area contributed by atoms with Crippen LogP contribution in [0.1, 0.15) is 35.7 Å². The lowest BCUT2D eigenvalue weighted by molar-refractivity contribution is -0.116. The van der Waals surface area contributed by atoms with Crippen LogP contribution in [0.15, 0.2) is 18.2 Å². The zero-order valence-corrected chi connectivity index (χ0v) is 12.3. The molecular formula is C16H21N3O2. The molecule has 1 saturated heterocycles. The van der Waals surface area contributed by atoms with E-state index in [-0.39, 0.29) is 17.9 Å². The van der Waals surface area contributed by atoms with Gasteiger partial charge in [-0.2, -0.15) is 0 Å². The maximum absolute atomic E-state index is 12.5. The van der Waals surface area contributed by atoms with Crippen LogP contribution >= 0.6 is 0 Å². The predicted octanol–water partition coefficient (Wildman–Crippen LogP) is 1.16. The van der Waals surface area contributed by atoms with Gasteiger partial charge in [-0.3, -0.25) is 9.59 Å². The number of rotatable bonds is 1. The first-order valence-corrected chi connectivity index (χ1v) is 7.52. The Balaban J connectivity index is 1.78. The smallest absolute Gasteiger partial charge is 0.253 e. The maximum atomic E-state index is 12.5. The molecule has 0 bridgehead atoms. The van der Waals surface area contributed by atoms with E-state index in [4.69, 9.17) is 5.73 Å². The van der Waals surface area contributed by atoms with Crippen molar-refractivity contribution in [1.82, 2.24) is 4.90 Å². The second-order valence-electron chi connectivity index (χ2n) is 5.89.